The summed E-state index contributed by atoms with van der Waals surface area (Å²) < 4.78 is 0.983. The Morgan fingerprint density at radius 3 is 2.93 bits per heavy atom. The fraction of sp³-hybridized carbons (Fsp3) is 0. The third-order valence-electron chi connectivity index (χ3n) is 1.56. The number of hydrogen-bond donors (Lipinski definition) is 1. The van der Waals surface area contributed by atoms with Gasteiger partial charge in [-0.1, -0.05) is 23.4 Å². The molecule has 0 saturated carbocycles. The van der Waals surface area contributed by atoms with Gasteiger partial charge in [-0.25, -0.2) is 4.98 Å². The van der Waals surface area contributed by atoms with Gasteiger partial charge >= 0.3 is 0 Å². The van der Waals surface area contributed by atoms with Crippen LogP contribution in [-0.4, -0.2) is 4.98 Å². The number of hydrogen-bond acceptors (Lipinski definition) is 4. The van der Waals surface area contributed by atoms with E-state index in [0.29, 0.717) is 10.7 Å². The first-order chi connectivity index (χ1) is 6.75. The van der Waals surface area contributed by atoms with Crippen LogP contribution in [0.2, 0.25) is 5.02 Å². The largest absolute Gasteiger partial charge is 0.399 e. The molecule has 0 aliphatic rings. The molecular formula is C9H7ClN2S2. The maximum Gasteiger partial charge on any atom is 0.154 e. The van der Waals surface area contributed by atoms with Crippen LogP contribution in [0.4, 0.5) is 5.69 Å². The summed E-state index contributed by atoms with van der Waals surface area (Å²) in [6.45, 7) is 0. The normalized spacial score (nSPS) is 10.4. The van der Waals surface area contributed by atoms with Gasteiger partial charge in [0.1, 0.15) is 0 Å². The molecule has 0 saturated heterocycles. The molecule has 0 amide bonds. The number of nitrogen functional groups attached to an aromatic ring is 1. The first-order valence-electron chi connectivity index (χ1n) is 3.88. The maximum absolute atomic E-state index is 6.02. The highest BCUT2D eigenvalue weighted by atomic mass is 35.5. The lowest BCUT2D eigenvalue weighted by Crippen LogP contribution is -1.84. The van der Waals surface area contributed by atoms with Crippen molar-refractivity contribution < 1.29 is 0 Å². The molecule has 5 heteroatoms. The Morgan fingerprint density at radius 1 is 1.43 bits per heavy atom. The van der Waals surface area contributed by atoms with Crippen molar-refractivity contribution in [2.24, 2.45) is 0 Å². The topological polar surface area (TPSA) is 38.9 Å². The predicted octanol–water partition coefficient (Wildman–Crippen LogP) is 3.53. The molecule has 0 spiro atoms. The number of thiazole rings is 1. The molecule has 0 atom stereocenters. The minimum absolute atomic E-state index is 0.671. The number of nitrogens with zero attached hydrogens (tertiary/aromatic N) is 1. The van der Waals surface area contributed by atoms with E-state index in [-0.39, 0.29) is 0 Å². The van der Waals surface area contributed by atoms with Crippen molar-refractivity contribution in [3.8, 4) is 0 Å². The second-order valence-corrected chi connectivity index (χ2v) is 5.18. The van der Waals surface area contributed by atoms with Crippen molar-refractivity contribution in [1.82, 2.24) is 4.98 Å². The van der Waals surface area contributed by atoms with Gasteiger partial charge in [0.05, 0.1) is 5.02 Å². The molecule has 72 valence electrons. The number of anilines is 1. The molecule has 0 aliphatic carbocycles. The molecule has 0 unspecified atom stereocenters. The van der Waals surface area contributed by atoms with E-state index in [1.54, 1.807) is 35.4 Å². The van der Waals surface area contributed by atoms with Gasteiger partial charge < -0.3 is 5.73 Å². The van der Waals surface area contributed by atoms with E-state index >= 15 is 0 Å². The molecular weight excluding hydrogens is 236 g/mol. The SMILES string of the molecule is Nc1ccc(Sc2nccs2)c(Cl)c1. The van der Waals surface area contributed by atoms with Crippen molar-refractivity contribution in [1.29, 1.82) is 0 Å². The van der Waals surface area contributed by atoms with Gasteiger partial charge in [-0.05, 0) is 18.2 Å². The van der Waals surface area contributed by atoms with E-state index in [9.17, 15) is 0 Å². The summed E-state index contributed by atoms with van der Waals surface area (Å²) in [4.78, 5) is 5.15. The Balaban J connectivity index is 2.25. The zero-order valence-corrected chi connectivity index (χ0v) is 9.49. The van der Waals surface area contributed by atoms with Gasteiger partial charge in [-0.2, -0.15) is 0 Å². The Kier molecular flexibility index (Phi) is 2.96. The smallest absolute Gasteiger partial charge is 0.154 e. The fourth-order valence-corrected chi connectivity index (χ4v) is 2.84. The van der Waals surface area contributed by atoms with Crippen LogP contribution in [0.15, 0.2) is 39.0 Å². The third-order valence-corrected chi connectivity index (χ3v) is 3.95. The van der Waals surface area contributed by atoms with Crippen LogP contribution in [0.25, 0.3) is 0 Å². The summed E-state index contributed by atoms with van der Waals surface area (Å²) in [6, 6.07) is 5.49. The first kappa shape index (κ1) is 9.83. The number of benzene rings is 1. The average Bonchev–Trinajstić information content (AvgIpc) is 2.62. The molecule has 14 heavy (non-hydrogen) atoms. The van der Waals surface area contributed by atoms with E-state index in [4.69, 9.17) is 17.3 Å². The highest BCUT2D eigenvalue weighted by molar-refractivity contribution is 8.01. The first-order valence-corrected chi connectivity index (χ1v) is 5.95. The van der Waals surface area contributed by atoms with Gasteiger partial charge in [0.25, 0.3) is 0 Å². The average molecular weight is 243 g/mol. The van der Waals surface area contributed by atoms with Crippen LogP contribution in [0, 0.1) is 0 Å². The van der Waals surface area contributed by atoms with Gasteiger partial charge in [-0.3, -0.25) is 0 Å². The molecule has 1 aromatic carbocycles. The van der Waals surface area contributed by atoms with E-state index in [1.165, 1.54) is 0 Å². The molecule has 1 heterocycles. The van der Waals surface area contributed by atoms with Crippen molar-refractivity contribution in [2.75, 3.05) is 5.73 Å². The number of nitrogens with two attached hydrogens (primary N) is 1. The number of halogens is 1. The summed E-state index contributed by atoms with van der Waals surface area (Å²) in [6.07, 6.45) is 1.78. The lowest BCUT2D eigenvalue weighted by molar-refractivity contribution is 1.25. The maximum atomic E-state index is 6.02. The summed E-state index contributed by atoms with van der Waals surface area (Å²) in [7, 11) is 0. The molecule has 1 aromatic heterocycles. The van der Waals surface area contributed by atoms with E-state index < -0.39 is 0 Å². The monoisotopic (exact) mass is 242 g/mol. The minimum Gasteiger partial charge on any atom is -0.399 e. The highest BCUT2D eigenvalue weighted by Gasteiger charge is 2.04. The van der Waals surface area contributed by atoms with Gasteiger partial charge in [-0.15, -0.1) is 11.3 Å². The Bertz CT molecular complexity index is 428. The van der Waals surface area contributed by atoms with Crippen LogP contribution < -0.4 is 5.73 Å². The summed E-state index contributed by atoms with van der Waals surface area (Å²) >= 11 is 9.16. The van der Waals surface area contributed by atoms with Crippen molar-refractivity contribution in [3.63, 3.8) is 0 Å². The van der Waals surface area contributed by atoms with Crippen molar-refractivity contribution in [2.45, 2.75) is 9.24 Å². The zero-order chi connectivity index (χ0) is 9.97. The molecule has 0 radical (unpaired) electrons. The van der Waals surface area contributed by atoms with Crippen LogP contribution in [0.1, 0.15) is 0 Å². The molecule has 0 aliphatic heterocycles. The molecule has 2 rings (SSSR count). The molecule has 0 fully saturated rings. The van der Waals surface area contributed by atoms with Gasteiger partial charge in [0.15, 0.2) is 4.34 Å². The molecule has 2 aromatic rings. The third kappa shape index (κ3) is 2.20. The van der Waals surface area contributed by atoms with Gasteiger partial charge in [0.2, 0.25) is 0 Å². The van der Waals surface area contributed by atoms with Crippen LogP contribution in [0.3, 0.4) is 0 Å². The Hall–Kier alpha value is -0.710. The van der Waals surface area contributed by atoms with E-state index in [1.807, 2.05) is 17.5 Å². The Morgan fingerprint density at radius 2 is 2.29 bits per heavy atom. The van der Waals surface area contributed by atoms with Crippen molar-refractivity contribution >= 4 is 40.4 Å². The predicted molar refractivity (Wildman–Crippen MR) is 62.1 cm³/mol. The Labute approximate surface area is 95.1 Å². The highest BCUT2D eigenvalue weighted by Crippen LogP contribution is 2.34. The van der Waals surface area contributed by atoms with Crippen LogP contribution in [-0.2, 0) is 0 Å². The summed E-state index contributed by atoms with van der Waals surface area (Å²) in [5.41, 5.74) is 6.27. The minimum atomic E-state index is 0.671. The zero-order valence-electron chi connectivity index (χ0n) is 7.11. The standard InChI is InChI=1S/C9H7ClN2S2/c10-7-5-6(11)1-2-8(7)14-9-12-3-4-13-9/h1-5H,11H2. The summed E-state index contributed by atoms with van der Waals surface area (Å²) in [5.74, 6) is 0. The van der Waals surface area contributed by atoms with Crippen molar-refractivity contribution in [3.05, 3.63) is 34.8 Å². The molecule has 2 N–H and O–H groups in total. The summed E-state index contributed by atoms with van der Waals surface area (Å²) in [5, 5.41) is 2.61. The van der Waals surface area contributed by atoms with E-state index in [2.05, 4.69) is 4.98 Å². The van der Waals surface area contributed by atoms with Gasteiger partial charge in [0, 0.05) is 22.2 Å². The lowest BCUT2D eigenvalue weighted by Gasteiger charge is -2.01. The number of aromatic nitrogens is 1. The van der Waals surface area contributed by atoms with Crippen LogP contribution in [0.5, 0.6) is 0 Å². The second-order valence-electron chi connectivity index (χ2n) is 2.59. The number of rotatable bonds is 2. The molecule has 0 bridgehead atoms. The van der Waals surface area contributed by atoms with Crippen LogP contribution >= 0.6 is 34.7 Å². The second kappa shape index (κ2) is 4.21. The van der Waals surface area contributed by atoms with E-state index in [0.717, 1.165) is 9.24 Å². The molecule has 2 nitrogen and oxygen atoms in total. The fourth-order valence-electron chi connectivity index (χ4n) is 0.955. The lowest BCUT2D eigenvalue weighted by atomic mass is 10.3. The quantitative estimate of drug-likeness (QED) is 0.819.